The van der Waals surface area contributed by atoms with Gasteiger partial charge in [0.25, 0.3) is 0 Å². The molecule has 0 aromatic heterocycles. The summed E-state index contributed by atoms with van der Waals surface area (Å²) in [5.74, 6) is -1.49. The van der Waals surface area contributed by atoms with Crippen molar-refractivity contribution in [3.05, 3.63) is 0 Å². The van der Waals surface area contributed by atoms with Crippen molar-refractivity contribution < 1.29 is 49.6 Å². The minimum atomic E-state index is -1.20. The summed E-state index contributed by atoms with van der Waals surface area (Å²) in [6.45, 7) is 0.780. The first kappa shape index (κ1) is 33.9. The number of rotatable bonds is 24. The predicted molar refractivity (Wildman–Crippen MR) is 129 cm³/mol. The third-order valence-electron chi connectivity index (χ3n) is 5.44. The molecule has 0 saturated carbocycles. The van der Waals surface area contributed by atoms with Crippen LogP contribution < -0.4 is 10.6 Å². The van der Waals surface area contributed by atoms with Gasteiger partial charge in [-0.15, -0.1) is 0 Å². The summed E-state index contributed by atoms with van der Waals surface area (Å²) in [6, 6.07) is -0.458. The van der Waals surface area contributed by atoms with Gasteiger partial charge in [-0.05, 0) is 6.42 Å². The van der Waals surface area contributed by atoms with Gasteiger partial charge in [-0.1, -0.05) is 26.2 Å². The second-order valence-electron chi connectivity index (χ2n) is 8.96. The number of ether oxygens (including phenoxy) is 3. The maximum absolute atomic E-state index is 12.7. The quantitative estimate of drug-likeness (QED) is 0.0703. The van der Waals surface area contributed by atoms with Gasteiger partial charge in [0.15, 0.2) is 0 Å². The van der Waals surface area contributed by atoms with Crippen LogP contribution in [-0.2, 0) is 14.2 Å². The smallest absolute Gasteiger partial charge is 0.315 e. The Morgan fingerprint density at radius 3 is 1.43 bits per heavy atom. The lowest BCUT2D eigenvalue weighted by Crippen LogP contribution is -2.61. The van der Waals surface area contributed by atoms with Crippen molar-refractivity contribution in [2.75, 3.05) is 85.8 Å². The van der Waals surface area contributed by atoms with E-state index in [4.69, 9.17) is 14.2 Å². The van der Waals surface area contributed by atoms with Gasteiger partial charge in [0.05, 0.1) is 79.3 Å². The van der Waals surface area contributed by atoms with E-state index in [0.29, 0.717) is 6.54 Å². The monoisotopic (exact) mass is 512 g/mol. The Labute approximate surface area is 208 Å². The summed E-state index contributed by atoms with van der Waals surface area (Å²) in [6.07, 6.45) is 3.98. The molecule has 0 aromatic rings. The number of hydrogen-bond acceptors (Lipinski definition) is 10. The Morgan fingerprint density at radius 1 is 0.686 bits per heavy atom. The van der Waals surface area contributed by atoms with Gasteiger partial charge in [-0.25, -0.2) is 4.79 Å². The van der Waals surface area contributed by atoms with Crippen LogP contribution in [-0.4, -0.2) is 128 Å². The maximum atomic E-state index is 12.7. The third-order valence-corrected chi connectivity index (χ3v) is 5.44. The summed E-state index contributed by atoms with van der Waals surface area (Å²) in [7, 11) is 0. The number of unbranched alkanes of at least 4 members (excludes halogenated alkanes) is 3. The molecule has 0 atom stereocenters. The van der Waals surface area contributed by atoms with Crippen LogP contribution in [0.2, 0.25) is 0 Å². The van der Waals surface area contributed by atoms with E-state index in [1.54, 1.807) is 0 Å². The van der Waals surface area contributed by atoms with Crippen LogP contribution in [0, 0.1) is 17.8 Å². The number of amides is 2. The number of aliphatic hydroxyl groups excluding tert-OH is 6. The molecule has 2 amide bonds. The second-order valence-corrected chi connectivity index (χ2v) is 8.96. The van der Waals surface area contributed by atoms with Crippen molar-refractivity contribution in [3.63, 3.8) is 0 Å². The van der Waals surface area contributed by atoms with Crippen molar-refractivity contribution in [2.24, 2.45) is 17.8 Å². The van der Waals surface area contributed by atoms with Crippen LogP contribution in [0.1, 0.15) is 32.6 Å². The molecule has 0 unspecified atom stereocenters. The Hall–Kier alpha value is -1.09. The molecular weight excluding hydrogens is 464 g/mol. The van der Waals surface area contributed by atoms with Gasteiger partial charge in [0, 0.05) is 24.3 Å². The van der Waals surface area contributed by atoms with Gasteiger partial charge in [0.1, 0.15) is 5.54 Å². The zero-order valence-corrected chi connectivity index (χ0v) is 21.1. The maximum Gasteiger partial charge on any atom is 0.315 e. The van der Waals surface area contributed by atoms with Crippen molar-refractivity contribution in [3.8, 4) is 0 Å². The van der Waals surface area contributed by atoms with E-state index in [1.807, 2.05) is 0 Å². The third kappa shape index (κ3) is 16.3. The summed E-state index contributed by atoms with van der Waals surface area (Å²) in [5.41, 5.74) is -1.20. The van der Waals surface area contributed by atoms with E-state index in [1.165, 1.54) is 0 Å². The minimum absolute atomic E-state index is 0.0286. The molecule has 0 heterocycles. The lowest BCUT2D eigenvalue weighted by molar-refractivity contribution is -0.0643. The first-order valence-electron chi connectivity index (χ1n) is 12.4. The Balaban J connectivity index is 5.37. The average molecular weight is 513 g/mol. The van der Waals surface area contributed by atoms with E-state index in [-0.39, 0.29) is 79.3 Å². The van der Waals surface area contributed by atoms with Crippen molar-refractivity contribution in [1.29, 1.82) is 0 Å². The molecule has 0 aromatic carbocycles. The van der Waals surface area contributed by atoms with Gasteiger partial charge in [-0.2, -0.15) is 0 Å². The van der Waals surface area contributed by atoms with E-state index < -0.39 is 29.3 Å². The van der Waals surface area contributed by atoms with Crippen molar-refractivity contribution >= 4 is 6.03 Å². The highest BCUT2D eigenvalue weighted by atomic mass is 16.5. The number of carbonyl (C=O) groups is 1. The second kappa shape index (κ2) is 22.1. The zero-order chi connectivity index (χ0) is 26.4. The summed E-state index contributed by atoms with van der Waals surface area (Å²) >= 11 is 0. The average Bonchev–Trinajstić information content (AvgIpc) is 2.87. The van der Waals surface area contributed by atoms with E-state index in [0.717, 1.165) is 25.7 Å². The zero-order valence-electron chi connectivity index (χ0n) is 21.1. The number of urea groups is 1. The SMILES string of the molecule is CCCCCCNC(=O)NC(COCC(CO)CO)(COCC(CO)CO)COCC(CO)CO. The fraction of sp³-hybridized carbons (Fsp3) is 0.957. The molecule has 0 fully saturated rings. The summed E-state index contributed by atoms with van der Waals surface area (Å²) in [5, 5.41) is 61.5. The topological polar surface area (TPSA) is 190 Å². The highest BCUT2D eigenvalue weighted by molar-refractivity contribution is 5.74. The standard InChI is InChI=1S/C23H48N2O10/c1-2-3-4-5-6-24-22(32)25-23(16-33-13-19(7-26)8-27,17-34-14-20(9-28)10-29)18-35-15-21(11-30)12-31/h19-21,26-31H,2-18H2,1H3,(H2,24,25,32). The Morgan fingerprint density at radius 2 is 1.09 bits per heavy atom. The van der Waals surface area contributed by atoms with Crippen LogP contribution in [0.3, 0.4) is 0 Å². The van der Waals surface area contributed by atoms with E-state index >= 15 is 0 Å². The van der Waals surface area contributed by atoms with Gasteiger partial charge >= 0.3 is 6.03 Å². The summed E-state index contributed by atoms with van der Waals surface area (Å²) in [4.78, 5) is 12.7. The van der Waals surface area contributed by atoms with Gasteiger partial charge in [-0.3, -0.25) is 0 Å². The van der Waals surface area contributed by atoms with E-state index in [2.05, 4.69) is 17.6 Å². The Kier molecular flexibility index (Phi) is 21.4. The molecule has 0 rings (SSSR count). The minimum Gasteiger partial charge on any atom is -0.396 e. The molecule has 0 spiro atoms. The van der Waals surface area contributed by atoms with Crippen LogP contribution in [0.5, 0.6) is 0 Å². The Bertz CT molecular complexity index is 443. The fourth-order valence-corrected chi connectivity index (χ4v) is 3.02. The molecule has 8 N–H and O–H groups in total. The number of nitrogens with one attached hydrogen (secondary N) is 2. The lowest BCUT2D eigenvalue weighted by atomic mass is 10.0. The van der Waals surface area contributed by atoms with Crippen LogP contribution in [0.25, 0.3) is 0 Å². The molecule has 0 saturated heterocycles. The lowest BCUT2D eigenvalue weighted by Gasteiger charge is -2.35. The van der Waals surface area contributed by atoms with Crippen LogP contribution >= 0.6 is 0 Å². The normalized spacial score (nSPS) is 12.2. The van der Waals surface area contributed by atoms with Crippen LogP contribution in [0.4, 0.5) is 4.79 Å². The first-order valence-corrected chi connectivity index (χ1v) is 12.4. The molecule has 210 valence electrons. The molecule has 12 heteroatoms. The highest BCUT2D eigenvalue weighted by Gasteiger charge is 2.34. The number of hydrogen-bond donors (Lipinski definition) is 8. The molecule has 0 aliphatic rings. The van der Waals surface area contributed by atoms with Crippen LogP contribution in [0.15, 0.2) is 0 Å². The fourth-order valence-electron chi connectivity index (χ4n) is 3.02. The van der Waals surface area contributed by atoms with E-state index in [9.17, 15) is 35.4 Å². The number of aliphatic hydroxyl groups is 6. The van der Waals surface area contributed by atoms with Crippen molar-refractivity contribution in [1.82, 2.24) is 10.6 Å². The van der Waals surface area contributed by atoms with Gasteiger partial charge in [0.2, 0.25) is 0 Å². The molecule has 12 nitrogen and oxygen atoms in total. The molecule has 0 radical (unpaired) electrons. The summed E-state index contributed by atoms with van der Waals surface area (Å²) < 4.78 is 17.1. The molecule has 0 bridgehead atoms. The first-order chi connectivity index (χ1) is 16.9. The molecular formula is C23H48N2O10. The predicted octanol–water partition coefficient (Wildman–Crippen LogP) is -1.54. The highest BCUT2D eigenvalue weighted by Crippen LogP contribution is 2.12. The van der Waals surface area contributed by atoms with Gasteiger partial charge < -0.3 is 55.5 Å². The molecule has 0 aliphatic heterocycles. The molecule has 35 heavy (non-hydrogen) atoms. The largest absolute Gasteiger partial charge is 0.396 e. The number of carbonyl (C=O) groups excluding carboxylic acids is 1. The molecule has 0 aliphatic carbocycles. The van der Waals surface area contributed by atoms with Crippen molar-refractivity contribution in [2.45, 2.75) is 38.1 Å².